The van der Waals surface area contributed by atoms with E-state index in [1.807, 2.05) is 0 Å². The molecule has 0 aliphatic heterocycles. The second-order valence-corrected chi connectivity index (χ2v) is 6.87. The Morgan fingerprint density at radius 2 is 2.26 bits per heavy atom. The third kappa shape index (κ3) is 2.85. The molecule has 0 heterocycles. The fourth-order valence-electron chi connectivity index (χ4n) is 3.99. The molecule has 1 N–H and O–H groups in total. The zero-order valence-electron chi connectivity index (χ0n) is 13.4. The summed E-state index contributed by atoms with van der Waals surface area (Å²) in [5, 5.41) is 14.9. The van der Waals surface area contributed by atoms with Crippen molar-refractivity contribution in [2.24, 2.45) is 22.4 Å². The fraction of sp³-hybridized carbons (Fsp3) is 0.529. The summed E-state index contributed by atoms with van der Waals surface area (Å²) in [5.74, 6) is 0.527. The van der Waals surface area contributed by atoms with Gasteiger partial charge in [0, 0.05) is 23.1 Å². The average molecular weight is 315 g/mol. The van der Waals surface area contributed by atoms with Gasteiger partial charge in [0.15, 0.2) is 0 Å². The molecular weight excluding hydrogens is 294 g/mol. The van der Waals surface area contributed by atoms with Crippen molar-refractivity contribution in [1.29, 1.82) is 0 Å². The monoisotopic (exact) mass is 315 g/mol. The van der Waals surface area contributed by atoms with Gasteiger partial charge in [-0.05, 0) is 31.1 Å². The van der Waals surface area contributed by atoms with Crippen LogP contribution in [0.4, 0.5) is 5.69 Å². The van der Waals surface area contributed by atoms with Gasteiger partial charge < -0.3 is 0 Å². The Morgan fingerprint density at radius 3 is 2.91 bits per heavy atom. The molecule has 0 radical (unpaired) electrons. The Labute approximate surface area is 135 Å². The summed E-state index contributed by atoms with van der Waals surface area (Å²) in [6.07, 6.45) is 6.11. The van der Waals surface area contributed by atoms with E-state index in [9.17, 15) is 14.9 Å². The molecule has 6 nitrogen and oxygen atoms in total. The van der Waals surface area contributed by atoms with Gasteiger partial charge in [-0.1, -0.05) is 31.9 Å². The summed E-state index contributed by atoms with van der Waals surface area (Å²) in [6, 6.07) is 4.89. The van der Waals surface area contributed by atoms with Crippen LogP contribution in [0, 0.1) is 34.3 Å². The van der Waals surface area contributed by atoms with Gasteiger partial charge in [0.1, 0.15) is 0 Å². The van der Waals surface area contributed by atoms with Crippen LogP contribution in [-0.2, 0) is 4.79 Å². The number of amides is 1. The molecule has 3 atom stereocenters. The van der Waals surface area contributed by atoms with E-state index in [1.54, 1.807) is 19.1 Å². The number of fused-ring (bicyclic) bond motifs is 1. The number of rotatable bonds is 4. The van der Waals surface area contributed by atoms with Gasteiger partial charge in [0.25, 0.3) is 5.69 Å². The number of nitro benzene ring substituents is 1. The normalized spacial score (nSPS) is 29.1. The van der Waals surface area contributed by atoms with Crippen LogP contribution in [0.3, 0.4) is 0 Å². The van der Waals surface area contributed by atoms with Crippen molar-refractivity contribution in [3.05, 3.63) is 39.4 Å². The second-order valence-electron chi connectivity index (χ2n) is 6.87. The number of nitro groups is 1. The van der Waals surface area contributed by atoms with Gasteiger partial charge in [-0.15, -0.1) is 0 Å². The van der Waals surface area contributed by atoms with E-state index in [-0.39, 0.29) is 22.9 Å². The van der Waals surface area contributed by atoms with Crippen LogP contribution in [0.25, 0.3) is 0 Å². The largest absolute Gasteiger partial charge is 0.273 e. The molecule has 2 aliphatic rings. The van der Waals surface area contributed by atoms with Crippen LogP contribution in [0.1, 0.15) is 43.7 Å². The van der Waals surface area contributed by atoms with E-state index in [0.29, 0.717) is 17.0 Å². The summed E-state index contributed by atoms with van der Waals surface area (Å²) >= 11 is 0. The molecule has 0 aromatic heterocycles. The predicted octanol–water partition coefficient (Wildman–Crippen LogP) is 3.18. The molecule has 122 valence electrons. The molecular formula is C17H21N3O3. The highest BCUT2D eigenvalue weighted by Gasteiger charge is 2.64. The van der Waals surface area contributed by atoms with Crippen molar-refractivity contribution in [3.8, 4) is 0 Å². The molecule has 1 aromatic rings. The van der Waals surface area contributed by atoms with Crippen LogP contribution in [0.15, 0.2) is 23.3 Å². The average Bonchev–Trinajstić information content (AvgIpc) is 3.14. The first kappa shape index (κ1) is 15.6. The second kappa shape index (κ2) is 5.76. The lowest BCUT2D eigenvalue weighted by molar-refractivity contribution is -0.385. The van der Waals surface area contributed by atoms with E-state index < -0.39 is 4.92 Å². The van der Waals surface area contributed by atoms with Gasteiger partial charge in [0.05, 0.1) is 11.1 Å². The van der Waals surface area contributed by atoms with E-state index in [4.69, 9.17) is 0 Å². The number of carbonyl (C=O) groups excluding carboxylic acids is 1. The SMILES string of the molecule is Cc1ccc(/C=N\NC(=O)[C@@H]2[C@@H]3CCCC[C@]23C)cc1[N+](=O)[O-]. The van der Waals surface area contributed by atoms with Crippen LogP contribution in [-0.4, -0.2) is 17.0 Å². The van der Waals surface area contributed by atoms with Crippen LogP contribution >= 0.6 is 0 Å². The Bertz CT molecular complexity index is 686. The number of aryl methyl sites for hydroxylation is 1. The van der Waals surface area contributed by atoms with Gasteiger partial charge in [-0.3, -0.25) is 14.9 Å². The van der Waals surface area contributed by atoms with Crippen LogP contribution in [0.5, 0.6) is 0 Å². The quantitative estimate of drug-likeness (QED) is 0.526. The highest BCUT2D eigenvalue weighted by Crippen LogP contribution is 2.66. The van der Waals surface area contributed by atoms with Gasteiger partial charge in [-0.2, -0.15) is 5.10 Å². The maximum absolute atomic E-state index is 12.3. The summed E-state index contributed by atoms with van der Waals surface area (Å²) in [5.41, 5.74) is 4.01. The molecule has 0 unspecified atom stereocenters. The molecule has 0 spiro atoms. The standard InChI is InChI=1S/C17H21N3O3/c1-11-6-7-12(9-14(11)20(22)23)10-18-19-16(21)15-13-5-3-4-8-17(13,15)2/h6-7,9-10,13,15H,3-5,8H2,1-2H3,(H,19,21)/b18-10-/t13-,15-,17-/m0/s1. The molecule has 1 aromatic carbocycles. The summed E-state index contributed by atoms with van der Waals surface area (Å²) < 4.78 is 0. The van der Waals surface area contributed by atoms with Crippen molar-refractivity contribution < 1.29 is 9.72 Å². The Balaban J connectivity index is 1.62. The lowest BCUT2D eigenvalue weighted by atomic mass is 9.90. The molecule has 0 bridgehead atoms. The zero-order valence-corrected chi connectivity index (χ0v) is 13.4. The first-order chi connectivity index (χ1) is 10.9. The molecule has 2 fully saturated rings. The maximum atomic E-state index is 12.3. The summed E-state index contributed by atoms with van der Waals surface area (Å²) in [4.78, 5) is 22.8. The number of nitrogens with zero attached hydrogens (tertiary/aromatic N) is 2. The molecule has 2 aliphatic carbocycles. The fourth-order valence-corrected chi connectivity index (χ4v) is 3.99. The highest BCUT2D eigenvalue weighted by atomic mass is 16.6. The van der Waals surface area contributed by atoms with E-state index >= 15 is 0 Å². The zero-order chi connectivity index (χ0) is 16.6. The van der Waals surface area contributed by atoms with Gasteiger partial charge in [0.2, 0.25) is 5.91 Å². The van der Waals surface area contributed by atoms with Crippen molar-refractivity contribution >= 4 is 17.8 Å². The Morgan fingerprint density at radius 1 is 1.48 bits per heavy atom. The molecule has 3 rings (SSSR count). The molecule has 6 heteroatoms. The Hall–Kier alpha value is -2.24. The minimum Gasteiger partial charge on any atom is -0.273 e. The minimum atomic E-state index is -0.416. The van der Waals surface area contributed by atoms with Crippen LogP contribution in [0.2, 0.25) is 0 Å². The van der Waals surface area contributed by atoms with E-state index in [2.05, 4.69) is 17.5 Å². The number of hydrogen-bond donors (Lipinski definition) is 1. The molecule has 1 amide bonds. The topological polar surface area (TPSA) is 84.6 Å². The predicted molar refractivity (Wildman–Crippen MR) is 87.1 cm³/mol. The number of carbonyl (C=O) groups is 1. The lowest BCUT2D eigenvalue weighted by Gasteiger charge is -2.15. The van der Waals surface area contributed by atoms with E-state index in [1.165, 1.54) is 25.1 Å². The maximum Gasteiger partial charge on any atom is 0.272 e. The number of hydrazone groups is 1. The molecule has 0 saturated heterocycles. The third-order valence-corrected chi connectivity index (χ3v) is 5.43. The van der Waals surface area contributed by atoms with Crippen molar-refractivity contribution in [3.63, 3.8) is 0 Å². The lowest BCUT2D eigenvalue weighted by Crippen LogP contribution is -2.22. The summed E-state index contributed by atoms with van der Waals surface area (Å²) in [6.45, 7) is 3.88. The molecule has 2 saturated carbocycles. The summed E-state index contributed by atoms with van der Waals surface area (Å²) in [7, 11) is 0. The van der Waals surface area contributed by atoms with Crippen molar-refractivity contribution in [1.82, 2.24) is 5.43 Å². The van der Waals surface area contributed by atoms with Crippen LogP contribution < -0.4 is 5.43 Å². The number of nitrogens with one attached hydrogen (secondary N) is 1. The van der Waals surface area contributed by atoms with Crippen molar-refractivity contribution in [2.75, 3.05) is 0 Å². The number of hydrogen-bond acceptors (Lipinski definition) is 4. The highest BCUT2D eigenvalue weighted by molar-refractivity contribution is 5.86. The smallest absolute Gasteiger partial charge is 0.272 e. The van der Waals surface area contributed by atoms with Gasteiger partial charge >= 0.3 is 0 Å². The first-order valence-corrected chi connectivity index (χ1v) is 8.01. The van der Waals surface area contributed by atoms with E-state index in [0.717, 1.165) is 12.8 Å². The first-order valence-electron chi connectivity index (χ1n) is 8.01. The van der Waals surface area contributed by atoms with Gasteiger partial charge in [-0.25, -0.2) is 5.43 Å². The van der Waals surface area contributed by atoms with Crippen molar-refractivity contribution in [2.45, 2.75) is 39.5 Å². The number of benzene rings is 1. The minimum absolute atomic E-state index is 0.0303. The third-order valence-electron chi connectivity index (χ3n) is 5.43. The molecule has 23 heavy (non-hydrogen) atoms. The Kier molecular flexibility index (Phi) is 3.92.